The first-order chi connectivity index (χ1) is 11.0. The van der Waals surface area contributed by atoms with Crippen molar-refractivity contribution in [2.75, 3.05) is 39.0 Å². The second-order valence-corrected chi connectivity index (χ2v) is 6.61. The van der Waals surface area contributed by atoms with Crippen LogP contribution >= 0.6 is 36.4 Å². The summed E-state index contributed by atoms with van der Waals surface area (Å²) in [4.78, 5) is 14.7. The molecule has 0 aromatic heterocycles. The summed E-state index contributed by atoms with van der Waals surface area (Å²) in [5.41, 5.74) is 6.55. The molecule has 0 radical (unpaired) electrons. The first kappa shape index (κ1) is 24.1. The minimum absolute atomic E-state index is 0. The maximum absolute atomic E-state index is 12.3. The summed E-state index contributed by atoms with van der Waals surface area (Å²) in [5, 5.41) is 3.28. The Balaban J connectivity index is 0.00000288. The van der Waals surface area contributed by atoms with Gasteiger partial charge in [-0.1, -0.05) is 18.5 Å². The minimum atomic E-state index is -0.184. The van der Waals surface area contributed by atoms with Gasteiger partial charge in [-0.15, -0.1) is 24.8 Å². The largest absolute Gasteiger partial charge is 0.496 e. The molecule has 0 unspecified atom stereocenters. The van der Waals surface area contributed by atoms with Crippen LogP contribution in [0.25, 0.3) is 0 Å². The number of carbonyl (C=O) groups is 1. The average molecular weight is 413 g/mol. The van der Waals surface area contributed by atoms with E-state index in [2.05, 4.69) is 17.1 Å². The highest BCUT2D eigenvalue weighted by Gasteiger charge is 2.16. The number of carbonyl (C=O) groups excluding carboxylic acids is 1. The molecular weight excluding hydrogens is 385 g/mol. The number of ether oxygens (including phenoxy) is 1. The number of nitrogens with two attached hydrogens (primary N) is 1. The lowest BCUT2D eigenvalue weighted by Gasteiger charge is -2.30. The van der Waals surface area contributed by atoms with Crippen molar-refractivity contribution in [3.05, 3.63) is 22.7 Å². The van der Waals surface area contributed by atoms with Crippen molar-refractivity contribution in [3.8, 4) is 5.75 Å². The zero-order valence-corrected chi connectivity index (χ0v) is 17.1. The fraction of sp³-hybridized carbons (Fsp3) is 0.588. The molecule has 0 aliphatic carbocycles. The van der Waals surface area contributed by atoms with Crippen molar-refractivity contribution in [2.45, 2.75) is 26.2 Å². The van der Waals surface area contributed by atoms with E-state index in [4.69, 9.17) is 22.1 Å². The lowest BCUT2D eigenvalue weighted by molar-refractivity contribution is 0.0947. The number of hydrogen-bond donors (Lipinski definition) is 2. The molecule has 0 bridgehead atoms. The lowest BCUT2D eigenvalue weighted by atomic mass is 9.99. The number of hydrogen-bond acceptors (Lipinski definition) is 4. The van der Waals surface area contributed by atoms with Crippen molar-refractivity contribution >= 4 is 48.0 Å². The lowest BCUT2D eigenvalue weighted by Crippen LogP contribution is -2.35. The van der Waals surface area contributed by atoms with Crippen LogP contribution < -0.4 is 15.8 Å². The van der Waals surface area contributed by atoms with Crippen molar-refractivity contribution < 1.29 is 9.53 Å². The number of benzene rings is 1. The van der Waals surface area contributed by atoms with E-state index < -0.39 is 0 Å². The highest BCUT2D eigenvalue weighted by Crippen LogP contribution is 2.28. The Labute approximate surface area is 167 Å². The molecule has 2 rings (SSSR count). The molecular formula is C17H28Cl3N3O2. The Morgan fingerprint density at radius 3 is 2.60 bits per heavy atom. The molecule has 1 heterocycles. The molecule has 1 aliphatic heterocycles. The standard InChI is InChI=1S/C17H26ClN3O2.2ClH/c1-12-4-8-21(9-5-12)7-3-6-20-17(22)13-10-14(18)15(19)11-16(13)23-2;;/h10-12H,3-9,19H2,1-2H3,(H,20,22);2*1H. The smallest absolute Gasteiger partial charge is 0.255 e. The fourth-order valence-corrected chi connectivity index (χ4v) is 2.96. The highest BCUT2D eigenvalue weighted by atomic mass is 35.5. The maximum atomic E-state index is 12.3. The molecule has 1 fully saturated rings. The number of nitrogens with one attached hydrogen (secondary N) is 1. The van der Waals surface area contributed by atoms with E-state index in [-0.39, 0.29) is 30.7 Å². The van der Waals surface area contributed by atoms with Crippen LogP contribution in [0.5, 0.6) is 5.75 Å². The van der Waals surface area contributed by atoms with E-state index in [9.17, 15) is 4.79 Å². The van der Waals surface area contributed by atoms with Gasteiger partial charge in [0.25, 0.3) is 5.91 Å². The zero-order valence-electron chi connectivity index (χ0n) is 14.7. The Morgan fingerprint density at radius 1 is 1.36 bits per heavy atom. The molecule has 0 saturated carbocycles. The highest BCUT2D eigenvalue weighted by molar-refractivity contribution is 6.33. The van der Waals surface area contributed by atoms with Gasteiger partial charge in [-0.05, 0) is 50.9 Å². The number of amides is 1. The number of likely N-dealkylation sites (tertiary alicyclic amines) is 1. The summed E-state index contributed by atoms with van der Waals surface area (Å²) < 4.78 is 5.21. The monoisotopic (exact) mass is 411 g/mol. The molecule has 1 amide bonds. The summed E-state index contributed by atoms with van der Waals surface area (Å²) in [7, 11) is 1.51. The van der Waals surface area contributed by atoms with Gasteiger partial charge in [0.05, 0.1) is 23.4 Å². The van der Waals surface area contributed by atoms with Crippen molar-refractivity contribution in [1.29, 1.82) is 0 Å². The summed E-state index contributed by atoms with van der Waals surface area (Å²) in [6.07, 6.45) is 3.48. The molecule has 1 aromatic rings. The predicted molar refractivity (Wildman–Crippen MR) is 109 cm³/mol. The molecule has 1 aromatic carbocycles. The van der Waals surface area contributed by atoms with Crippen molar-refractivity contribution in [3.63, 3.8) is 0 Å². The summed E-state index contributed by atoms with van der Waals surface area (Å²) in [6, 6.07) is 3.13. The van der Waals surface area contributed by atoms with Crippen LogP contribution in [0.4, 0.5) is 5.69 Å². The second-order valence-electron chi connectivity index (χ2n) is 6.21. The minimum Gasteiger partial charge on any atom is -0.496 e. The third-order valence-corrected chi connectivity index (χ3v) is 4.70. The van der Waals surface area contributed by atoms with Crippen LogP contribution in [0.15, 0.2) is 12.1 Å². The summed E-state index contributed by atoms with van der Waals surface area (Å²) in [5.74, 6) is 1.10. The molecule has 144 valence electrons. The van der Waals surface area contributed by atoms with Crippen molar-refractivity contribution in [2.24, 2.45) is 5.92 Å². The van der Waals surface area contributed by atoms with E-state index in [1.165, 1.54) is 20.0 Å². The van der Waals surface area contributed by atoms with E-state index >= 15 is 0 Å². The molecule has 1 saturated heterocycles. The number of piperidine rings is 1. The van der Waals surface area contributed by atoms with Crippen LogP contribution in [0.1, 0.15) is 36.5 Å². The SMILES string of the molecule is COc1cc(N)c(Cl)cc1C(=O)NCCCN1CCC(C)CC1.Cl.Cl. The normalized spacial score (nSPS) is 15.0. The molecule has 25 heavy (non-hydrogen) atoms. The van der Waals surface area contributed by atoms with Gasteiger partial charge < -0.3 is 20.7 Å². The number of halogens is 3. The van der Waals surface area contributed by atoms with Gasteiger partial charge in [-0.3, -0.25) is 4.79 Å². The molecule has 8 heteroatoms. The first-order valence-electron chi connectivity index (χ1n) is 8.14. The Bertz CT molecular complexity index is 550. The van der Waals surface area contributed by atoms with Gasteiger partial charge in [0.2, 0.25) is 0 Å². The summed E-state index contributed by atoms with van der Waals surface area (Å²) >= 11 is 5.99. The third-order valence-electron chi connectivity index (χ3n) is 4.38. The second kappa shape index (κ2) is 11.7. The molecule has 0 atom stereocenters. The van der Waals surface area contributed by atoms with Crippen molar-refractivity contribution in [1.82, 2.24) is 10.2 Å². The topological polar surface area (TPSA) is 67.6 Å². The van der Waals surface area contributed by atoms with Gasteiger partial charge in [-0.2, -0.15) is 0 Å². The first-order valence-corrected chi connectivity index (χ1v) is 8.52. The average Bonchev–Trinajstić information content (AvgIpc) is 2.55. The van der Waals surface area contributed by atoms with Crippen LogP contribution in [-0.4, -0.2) is 44.1 Å². The zero-order chi connectivity index (χ0) is 16.8. The quantitative estimate of drug-likeness (QED) is 0.553. The predicted octanol–water partition coefficient (Wildman–Crippen LogP) is 3.63. The number of anilines is 1. The van der Waals surface area contributed by atoms with Crippen LogP contribution in [0, 0.1) is 5.92 Å². The fourth-order valence-electron chi connectivity index (χ4n) is 2.80. The van der Waals surface area contributed by atoms with Gasteiger partial charge >= 0.3 is 0 Å². The number of nitrogen functional groups attached to an aromatic ring is 1. The maximum Gasteiger partial charge on any atom is 0.255 e. The van der Waals surface area contributed by atoms with E-state index in [1.54, 1.807) is 12.1 Å². The molecule has 3 N–H and O–H groups in total. The number of nitrogens with zero attached hydrogens (tertiary/aromatic N) is 1. The van der Waals surface area contributed by atoms with E-state index in [0.717, 1.165) is 32.0 Å². The summed E-state index contributed by atoms with van der Waals surface area (Å²) in [6.45, 7) is 6.29. The third kappa shape index (κ3) is 7.10. The van der Waals surface area contributed by atoms with E-state index in [1.807, 2.05) is 0 Å². The Hall–Kier alpha value is -0.880. The number of rotatable bonds is 6. The van der Waals surface area contributed by atoms with Gasteiger partial charge in [-0.25, -0.2) is 0 Å². The number of methoxy groups -OCH3 is 1. The van der Waals surface area contributed by atoms with Gasteiger partial charge in [0.15, 0.2) is 0 Å². The van der Waals surface area contributed by atoms with Crippen LogP contribution in [0.3, 0.4) is 0 Å². The molecule has 0 spiro atoms. The van der Waals surface area contributed by atoms with Gasteiger partial charge in [0, 0.05) is 12.6 Å². The van der Waals surface area contributed by atoms with E-state index in [0.29, 0.717) is 28.6 Å². The van der Waals surface area contributed by atoms with Crippen LogP contribution in [0.2, 0.25) is 5.02 Å². The van der Waals surface area contributed by atoms with Crippen LogP contribution in [-0.2, 0) is 0 Å². The van der Waals surface area contributed by atoms with Gasteiger partial charge in [0.1, 0.15) is 5.75 Å². The molecule has 1 aliphatic rings. The molecule has 5 nitrogen and oxygen atoms in total. The Kier molecular flexibility index (Phi) is 11.3. The Morgan fingerprint density at radius 2 is 2.00 bits per heavy atom.